The van der Waals surface area contributed by atoms with E-state index >= 15 is 0 Å². The number of nitrogens with zero attached hydrogens (tertiary/aromatic N) is 1. The average molecular weight is 238 g/mol. The second kappa shape index (κ2) is 5.14. The smallest absolute Gasteiger partial charge is 0.260 e. The Morgan fingerprint density at radius 2 is 2.18 bits per heavy atom. The van der Waals surface area contributed by atoms with Gasteiger partial charge >= 0.3 is 0 Å². The Morgan fingerprint density at radius 3 is 2.94 bits per heavy atom. The molecule has 92 valence electrons. The van der Waals surface area contributed by atoms with Crippen LogP contribution in [0.2, 0.25) is 0 Å². The molecule has 1 saturated heterocycles. The van der Waals surface area contributed by atoms with Gasteiger partial charge in [0.05, 0.1) is 0 Å². The molecular weight excluding hydrogens is 223 g/mol. The van der Waals surface area contributed by atoms with Crippen LogP contribution >= 0.6 is 0 Å². The Balaban J connectivity index is 2.23. The monoisotopic (exact) mass is 238 g/mol. The van der Waals surface area contributed by atoms with E-state index in [0.717, 1.165) is 13.0 Å². The number of hydrogen-bond donors (Lipinski definition) is 2. The van der Waals surface area contributed by atoms with Crippen LogP contribution in [0.5, 0.6) is 5.75 Å². The molecule has 1 aromatic rings. The Kier molecular flexibility index (Phi) is 3.58. The third-order valence-electron chi connectivity index (χ3n) is 2.83. The van der Waals surface area contributed by atoms with Crippen LogP contribution in [-0.4, -0.2) is 42.1 Å². The predicted molar refractivity (Wildman–Crippen MR) is 61.5 cm³/mol. The summed E-state index contributed by atoms with van der Waals surface area (Å²) >= 11 is 0. The third-order valence-corrected chi connectivity index (χ3v) is 2.83. The topological polar surface area (TPSA) is 52.6 Å². The summed E-state index contributed by atoms with van der Waals surface area (Å²) in [6, 6.07) is 3.89. The van der Waals surface area contributed by atoms with Gasteiger partial charge in [-0.25, -0.2) is 4.39 Å². The molecule has 1 fully saturated rings. The summed E-state index contributed by atoms with van der Waals surface area (Å²) in [7, 11) is 0. The van der Waals surface area contributed by atoms with Crippen molar-refractivity contribution in [3.05, 3.63) is 29.6 Å². The van der Waals surface area contributed by atoms with Crippen LogP contribution in [-0.2, 0) is 0 Å². The zero-order chi connectivity index (χ0) is 12.3. The van der Waals surface area contributed by atoms with E-state index < -0.39 is 11.7 Å². The number of halogens is 1. The van der Waals surface area contributed by atoms with E-state index in [-0.39, 0.29) is 11.3 Å². The van der Waals surface area contributed by atoms with Crippen LogP contribution in [0, 0.1) is 5.82 Å². The lowest BCUT2D eigenvalue weighted by Gasteiger charge is -2.20. The predicted octanol–water partition coefficient (Wildman–Crippen LogP) is 0.967. The van der Waals surface area contributed by atoms with Crippen molar-refractivity contribution in [2.24, 2.45) is 0 Å². The zero-order valence-electron chi connectivity index (χ0n) is 9.45. The number of carbonyl (C=O) groups excluding carboxylic acids is 1. The van der Waals surface area contributed by atoms with E-state index in [0.29, 0.717) is 19.6 Å². The number of benzene rings is 1. The molecule has 1 aliphatic heterocycles. The highest BCUT2D eigenvalue weighted by Crippen LogP contribution is 2.21. The number of rotatable bonds is 1. The lowest BCUT2D eigenvalue weighted by atomic mass is 10.1. The maximum atomic E-state index is 13.5. The first-order valence-corrected chi connectivity index (χ1v) is 5.67. The summed E-state index contributed by atoms with van der Waals surface area (Å²) in [4.78, 5) is 13.7. The molecule has 0 aliphatic carbocycles. The fourth-order valence-electron chi connectivity index (χ4n) is 1.93. The molecule has 0 radical (unpaired) electrons. The van der Waals surface area contributed by atoms with Crippen LogP contribution in [0.15, 0.2) is 18.2 Å². The summed E-state index contributed by atoms with van der Waals surface area (Å²) < 4.78 is 13.5. The lowest BCUT2D eigenvalue weighted by Crippen LogP contribution is -2.34. The van der Waals surface area contributed by atoms with E-state index in [9.17, 15) is 14.3 Å². The molecule has 5 heteroatoms. The highest BCUT2D eigenvalue weighted by Gasteiger charge is 2.23. The zero-order valence-corrected chi connectivity index (χ0v) is 9.45. The molecule has 0 unspecified atom stereocenters. The van der Waals surface area contributed by atoms with E-state index in [2.05, 4.69) is 5.32 Å². The van der Waals surface area contributed by atoms with Crippen molar-refractivity contribution in [1.82, 2.24) is 10.2 Å². The minimum absolute atomic E-state index is 0.227. The first-order valence-electron chi connectivity index (χ1n) is 5.67. The second-order valence-electron chi connectivity index (χ2n) is 4.03. The van der Waals surface area contributed by atoms with Gasteiger partial charge in [-0.1, -0.05) is 6.07 Å². The van der Waals surface area contributed by atoms with Gasteiger partial charge in [0.25, 0.3) is 5.91 Å². The van der Waals surface area contributed by atoms with Crippen LogP contribution in [0.25, 0.3) is 0 Å². The Morgan fingerprint density at radius 1 is 1.35 bits per heavy atom. The average Bonchev–Trinajstić information content (AvgIpc) is 2.57. The number of nitrogens with one attached hydrogen (secondary N) is 1. The molecule has 1 amide bonds. The van der Waals surface area contributed by atoms with E-state index in [1.54, 1.807) is 4.90 Å². The molecule has 1 aromatic carbocycles. The van der Waals surface area contributed by atoms with Crippen molar-refractivity contribution in [3.8, 4) is 5.75 Å². The van der Waals surface area contributed by atoms with E-state index in [1.807, 2.05) is 0 Å². The molecule has 17 heavy (non-hydrogen) atoms. The largest absolute Gasteiger partial charge is 0.507 e. The van der Waals surface area contributed by atoms with Gasteiger partial charge in [-0.3, -0.25) is 4.79 Å². The maximum Gasteiger partial charge on any atom is 0.260 e. The molecule has 4 nitrogen and oxygen atoms in total. The Hall–Kier alpha value is -1.62. The fourth-order valence-corrected chi connectivity index (χ4v) is 1.93. The summed E-state index contributed by atoms with van der Waals surface area (Å²) in [5, 5.41) is 12.7. The van der Waals surface area contributed by atoms with Crippen LogP contribution < -0.4 is 5.32 Å². The van der Waals surface area contributed by atoms with Crippen LogP contribution in [0.4, 0.5) is 4.39 Å². The number of hydrogen-bond acceptors (Lipinski definition) is 3. The number of carbonyl (C=O) groups is 1. The molecule has 1 aliphatic rings. The van der Waals surface area contributed by atoms with Crippen LogP contribution in [0.3, 0.4) is 0 Å². The third kappa shape index (κ3) is 2.55. The first-order chi connectivity index (χ1) is 8.20. The van der Waals surface area contributed by atoms with Gasteiger partial charge in [0, 0.05) is 19.6 Å². The maximum absolute atomic E-state index is 13.5. The lowest BCUT2D eigenvalue weighted by molar-refractivity contribution is 0.0758. The van der Waals surface area contributed by atoms with Crippen molar-refractivity contribution in [3.63, 3.8) is 0 Å². The van der Waals surface area contributed by atoms with Crippen molar-refractivity contribution in [2.45, 2.75) is 6.42 Å². The molecule has 1 heterocycles. The summed E-state index contributed by atoms with van der Waals surface area (Å²) in [5.74, 6) is -1.41. The number of phenolic OH excluding ortho intramolecular Hbond substituents is 1. The van der Waals surface area contributed by atoms with Crippen molar-refractivity contribution >= 4 is 5.91 Å². The van der Waals surface area contributed by atoms with Crippen molar-refractivity contribution < 1.29 is 14.3 Å². The number of aromatic hydroxyl groups is 1. The standard InChI is InChI=1S/C12H15FN2O2/c13-9-3-1-4-10(16)11(9)12(17)15-7-2-5-14-6-8-15/h1,3-4,14,16H,2,5-8H2. The van der Waals surface area contributed by atoms with Crippen molar-refractivity contribution in [2.75, 3.05) is 26.2 Å². The summed E-state index contributed by atoms with van der Waals surface area (Å²) in [6.07, 6.45) is 0.834. The van der Waals surface area contributed by atoms with Gasteiger partial charge in [0.1, 0.15) is 17.1 Å². The molecule has 2 rings (SSSR count). The van der Waals surface area contributed by atoms with Gasteiger partial charge in [-0.15, -0.1) is 0 Å². The first kappa shape index (κ1) is 11.9. The molecule has 2 N–H and O–H groups in total. The Bertz CT molecular complexity index is 395. The molecule has 0 saturated carbocycles. The van der Waals surface area contributed by atoms with Gasteiger partial charge < -0.3 is 15.3 Å². The van der Waals surface area contributed by atoms with E-state index in [1.165, 1.54) is 18.2 Å². The minimum Gasteiger partial charge on any atom is -0.507 e. The highest BCUT2D eigenvalue weighted by molar-refractivity contribution is 5.97. The second-order valence-corrected chi connectivity index (χ2v) is 4.03. The van der Waals surface area contributed by atoms with Crippen LogP contribution in [0.1, 0.15) is 16.8 Å². The van der Waals surface area contributed by atoms with Gasteiger partial charge in [0.2, 0.25) is 0 Å². The van der Waals surface area contributed by atoms with Gasteiger partial charge in [0.15, 0.2) is 0 Å². The number of phenols is 1. The minimum atomic E-state index is -0.674. The fraction of sp³-hybridized carbons (Fsp3) is 0.417. The molecule has 0 atom stereocenters. The van der Waals surface area contributed by atoms with Gasteiger partial charge in [-0.2, -0.15) is 0 Å². The SMILES string of the molecule is O=C(c1c(O)cccc1F)N1CCCNCC1. The molecule has 0 bridgehead atoms. The normalized spacial score (nSPS) is 16.6. The quantitative estimate of drug-likeness (QED) is 0.766. The van der Waals surface area contributed by atoms with E-state index in [4.69, 9.17) is 0 Å². The summed E-state index contributed by atoms with van der Waals surface area (Å²) in [5.41, 5.74) is -0.227. The molecule has 0 spiro atoms. The molecule has 0 aromatic heterocycles. The Labute approximate surface area is 99.0 Å². The van der Waals surface area contributed by atoms with Gasteiger partial charge in [-0.05, 0) is 25.1 Å². The summed E-state index contributed by atoms with van der Waals surface area (Å²) in [6.45, 7) is 2.67. The highest BCUT2D eigenvalue weighted by atomic mass is 19.1. The molecular formula is C12H15FN2O2. The van der Waals surface area contributed by atoms with Crippen molar-refractivity contribution in [1.29, 1.82) is 0 Å². The number of amides is 1.